The van der Waals surface area contributed by atoms with Crippen molar-refractivity contribution in [3.05, 3.63) is 113 Å². The topological polar surface area (TPSA) is 58.6 Å². The number of nitrogens with one attached hydrogen (secondary N) is 1. The van der Waals surface area contributed by atoms with E-state index in [1.807, 2.05) is 6.07 Å². The van der Waals surface area contributed by atoms with E-state index < -0.39 is 11.9 Å². The number of rotatable bonds is 10. The lowest BCUT2D eigenvalue weighted by Gasteiger charge is -2.31. The zero-order valence-corrected chi connectivity index (χ0v) is 18.7. The minimum atomic E-state index is -0.932. The summed E-state index contributed by atoms with van der Waals surface area (Å²) in [5, 5.41) is 3.15. The number of nitrogens with zero attached hydrogens (tertiary/aromatic N) is 1. The molecular formula is C26H24ClFN2O3. The quantitative estimate of drug-likeness (QED) is 0.431. The van der Waals surface area contributed by atoms with Crippen LogP contribution in [-0.4, -0.2) is 29.9 Å². The Morgan fingerprint density at radius 1 is 1.03 bits per heavy atom. The lowest BCUT2D eigenvalue weighted by Crippen LogP contribution is -2.45. The number of amides is 2. The van der Waals surface area contributed by atoms with Crippen LogP contribution in [0.3, 0.4) is 0 Å². The van der Waals surface area contributed by atoms with Gasteiger partial charge in [0.1, 0.15) is 17.6 Å². The Balaban J connectivity index is 1.93. The first-order valence-electron chi connectivity index (χ1n) is 10.3. The Kier molecular flexibility index (Phi) is 8.61. The molecule has 0 saturated carbocycles. The number of carbonyl (C=O) groups is 2. The number of carbonyl (C=O) groups excluding carboxylic acids is 2. The van der Waals surface area contributed by atoms with Gasteiger partial charge in [0.25, 0.3) is 5.91 Å². The lowest BCUT2D eigenvalue weighted by molar-refractivity contribution is -0.143. The molecule has 33 heavy (non-hydrogen) atoms. The van der Waals surface area contributed by atoms with E-state index in [-0.39, 0.29) is 31.4 Å². The van der Waals surface area contributed by atoms with Gasteiger partial charge in [0.15, 0.2) is 6.61 Å². The fraction of sp³-hybridized carbons (Fsp3) is 0.154. The summed E-state index contributed by atoms with van der Waals surface area (Å²) < 4.78 is 19.1. The summed E-state index contributed by atoms with van der Waals surface area (Å²) in [7, 11) is 0. The zero-order chi connectivity index (χ0) is 23.6. The molecule has 2 amide bonds. The molecule has 7 heteroatoms. The van der Waals surface area contributed by atoms with Gasteiger partial charge in [-0.15, -0.1) is 6.58 Å². The molecule has 1 unspecified atom stereocenters. The fourth-order valence-corrected chi connectivity index (χ4v) is 3.46. The first kappa shape index (κ1) is 24.0. The minimum absolute atomic E-state index is 0.0755. The third-order valence-electron chi connectivity index (χ3n) is 4.87. The maximum atomic E-state index is 13.4. The molecule has 0 heterocycles. The molecule has 0 saturated heterocycles. The molecule has 0 aliphatic carbocycles. The van der Waals surface area contributed by atoms with Crippen LogP contribution in [0.25, 0.3) is 0 Å². The fourth-order valence-electron chi connectivity index (χ4n) is 3.27. The number of ether oxygens (including phenoxy) is 1. The molecule has 5 nitrogen and oxygen atoms in total. The van der Waals surface area contributed by atoms with Crippen LogP contribution in [0.4, 0.5) is 4.39 Å². The third kappa shape index (κ3) is 6.67. The predicted octanol–water partition coefficient (Wildman–Crippen LogP) is 4.93. The van der Waals surface area contributed by atoms with E-state index in [2.05, 4.69) is 11.9 Å². The van der Waals surface area contributed by atoms with Crippen molar-refractivity contribution in [3.8, 4) is 5.75 Å². The van der Waals surface area contributed by atoms with Crippen LogP contribution >= 0.6 is 11.6 Å². The summed E-state index contributed by atoms with van der Waals surface area (Å²) in [5.41, 5.74) is 1.30. The van der Waals surface area contributed by atoms with Gasteiger partial charge in [-0.05, 0) is 35.4 Å². The number of hydrogen-bond donors (Lipinski definition) is 1. The summed E-state index contributed by atoms with van der Waals surface area (Å²) in [4.78, 5) is 27.9. The van der Waals surface area contributed by atoms with Gasteiger partial charge in [-0.3, -0.25) is 9.59 Å². The second-order valence-electron chi connectivity index (χ2n) is 7.21. The summed E-state index contributed by atoms with van der Waals surface area (Å²) in [5.74, 6) is -0.820. The van der Waals surface area contributed by atoms with E-state index in [9.17, 15) is 14.0 Å². The normalized spacial score (nSPS) is 11.3. The van der Waals surface area contributed by atoms with E-state index in [1.54, 1.807) is 66.7 Å². The SMILES string of the molecule is C=CCNC(=O)C(c1ccccc1)N(Cc1ccc(F)cc1)C(=O)COc1ccccc1Cl. The van der Waals surface area contributed by atoms with Gasteiger partial charge in [-0.1, -0.05) is 72.3 Å². The first-order valence-corrected chi connectivity index (χ1v) is 10.7. The predicted molar refractivity (Wildman–Crippen MR) is 126 cm³/mol. The molecule has 0 aromatic heterocycles. The first-order chi connectivity index (χ1) is 16.0. The lowest BCUT2D eigenvalue weighted by atomic mass is 10.0. The van der Waals surface area contributed by atoms with E-state index >= 15 is 0 Å². The average Bonchev–Trinajstić information content (AvgIpc) is 2.83. The zero-order valence-electron chi connectivity index (χ0n) is 17.9. The molecule has 0 bridgehead atoms. The van der Waals surface area contributed by atoms with Gasteiger partial charge < -0.3 is 15.0 Å². The van der Waals surface area contributed by atoms with Crippen LogP contribution < -0.4 is 10.1 Å². The largest absolute Gasteiger partial charge is 0.482 e. The average molecular weight is 467 g/mol. The monoisotopic (exact) mass is 466 g/mol. The van der Waals surface area contributed by atoms with Gasteiger partial charge in [0.2, 0.25) is 5.91 Å². The molecule has 0 aliphatic heterocycles. The van der Waals surface area contributed by atoms with Crippen LogP contribution in [-0.2, 0) is 16.1 Å². The number of halogens is 2. The van der Waals surface area contributed by atoms with Gasteiger partial charge in [-0.2, -0.15) is 0 Å². The van der Waals surface area contributed by atoms with E-state index in [0.29, 0.717) is 21.9 Å². The molecule has 170 valence electrons. The number of hydrogen-bond acceptors (Lipinski definition) is 3. The van der Waals surface area contributed by atoms with Crippen molar-refractivity contribution in [2.75, 3.05) is 13.2 Å². The third-order valence-corrected chi connectivity index (χ3v) is 5.18. The number of para-hydroxylation sites is 1. The molecule has 0 spiro atoms. The van der Waals surface area contributed by atoms with Crippen LogP contribution in [0.5, 0.6) is 5.75 Å². The molecule has 0 radical (unpaired) electrons. The van der Waals surface area contributed by atoms with Crippen molar-refractivity contribution in [1.82, 2.24) is 10.2 Å². The smallest absolute Gasteiger partial charge is 0.261 e. The molecule has 1 atom stereocenters. The highest BCUT2D eigenvalue weighted by atomic mass is 35.5. The summed E-state index contributed by atoms with van der Waals surface area (Å²) in [6.45, 7) is 3.62. The summed E-state index contributed by atoms with van der Waals surface area (Å²) in [6, 6.07) is 20.6. The van der Waals surface area contributed by atoms with E-state index in [0.717, 1.165) is 0 Å². The second kappa shape index (κ2) is 11.8. The highest BCUT2D eigenvalue weighted by Gasteiger charge is 2.31. The molecule has 3 rings (SSSR count). The molecule has 3 aromatic carbocycles. The molecular weight excluding hydrogens is 443 g/mol. The van der Waals surface area contributed by atoms with E-state index in [1.165, 1.54) is 17.0 Å². The maximum Gasteiger partial charge on any atom is 0.261 e. The Labute approximate surface area is 197 Å². The van der Waals surface area contributed by atoms with Crippen molar-refractivity contribution in [2.24, 2.45) is 0 Å². The summed E-state index contributed by atoms with van der Waals surface area (Å²) >= 11 is 6.14. The second-order valence-corrected chi connectivity index (χ2v) is 7.62. The molecule has 1 N–H and O–H groups in total. The summed E-state index contributed by atoms with van der Waals surface area (Å²) in [6.07, 6.45) is 1.56. The molecule has 3 aromatic rings. The molecule has 0 fully saturated rings. The minimum Gasteiger partial charge on any atom is -0.482 e. The van der Waals surface area contributed by atoms with Gasteiger partial charge >= 0.3 is 0 Å². The maximum absolute atomic E-state index is 13.4. The van der Waals surface area contributed by atoms with E-state index in [4.69, 9.17) is 16.3 Å². The Morgan fingerprint density at radius 3 is 2.36 bits per heavy atom. The van der Waals surface area contributed by atoms with Gasteiger partial charge in [0.05, 0.1) is 5.02 Å². The Hall–Kier alpha value is -3.64. The van der Waals surface area contributed by atoms with Crippen molar-refractivity contribution < 1.29 is 18.7 Å². The van der Waals surface area contributed by atoms with Crippen LogP contribution in [0.15, 0.2) is 91.5 Å². The highest BCUT2D eigenvalue weighted by Crippen LogP contribution is 2.26. The van der Waals surface area contributed by atoms with Crippen LogP contribution in [0.1, 0.15) is 17.2 Å². The number of benzene rings is 3. The molecule has 0 aliphatic rings. The van der Waals surface area contributed by atoms with Crippen molar-refractivity contribution in [2.45, 2.75) is 12.6 Å². The highest BCUT2D eigenvalue weighted by molar-refractivity contribution is 6.32. The Bertz CT molecular complexity index is 1090. The van der Waals surface area contributed by atoms with Gasteiger partial charge in [0, 0.05) is 13.1 Å². The van der Waals surface area contributed by atoms with Crippen LogP contribution in [0, 0.1) is 5.82 Å². The van der Waals surface area contributed by atoms with Crippen LogP contribution in [0.2, 0.25) is 5.02 Å². The Morgan fingerprint density at radius 2 is 1.70 bits per heavy atom. The standard InChI is InChI=1S/C26H24ClFN2O3/c1-2-16-29-26(32)25(20-8-4-3-5-9-20)30(17-19-12-14-21(28)15-13-19)24(31)18-33-23-11-7-6-10-22(23)27/h2-15,25H,1,16-18H2,(H,29,32). The van der Waals surface area contributed by atoms with Crippen molar-refractivity contribution in [3.63, 3.8) is 0 Å². The van der Waals surface area contributed by atoms with Gasteiger partial charge in [-0.25, -0.2) is 4.39 Å². The van der Waals surface area contributed by atoms with Crippen molar-refractivity contribution >= 4 is 23.4 Å². The van der Waals surface area contributed by atoms with Crippen molar-refractivity contribution in [1.29, 1.82) is 0 Å².